The Balaban J connectivity index is 2.38. The summed E-state index contributed by atoms with van der Waals surface area (Å²) in [5.41, 5.74) is 2.46. The molecule has 1 atom stereocenters. The highest BCUT2D eigenvalue weighted by Gasteiger charge is 2.30. The molecule has 0 aliphatic rings. The first-order valence-corrected chi connectivity index (χ1v) is 13.2. The van der Waals surface area contributed by atoms with Crippen molar-refractivity contribution < 1.29 is 22.4 Å². The lowest BCUT2D eigenvalue weighted by Crippen LogP contribution is -2.51. The van der Waals surface area contributed by atoms with E-state index in [1.165, 1.54) is 23.1 Å². The number of anilines is 1. The Morgan fingerprint density at radius 3 is 2.35 bits per heavy atom. The summed E-state index contributed by atoms with van der Waals surface area (Å²) in [5, 5.41) is 2.79. The molecule has 2 aromatic carbocycles. The van der Waals surface area contributed by atoms with Gasteiger partial charge in [-0.3, -0.25) is 13.9 Å². The lowest BCUT2D eigenvalue weighted by molar-refractivity contribution is -0.139. The quantitative estimate of drug-likeness (QED) is 0.487. The monoisotopic (exact) mass is 491 g/mol. The first-order chi connectivity index (χ1) is 16.0. The minimum Gasteiger partial charge on any atom is -0.354 e. The van der Waals surface area contributed by atoms with E-state index in [1.807, 2.05) is 20.8 Å². The van der Waals surface area contributed by atoms with Crippen LogP contribution in [0.25, 0.3) is 0 Å². The Labute approximate surface area is 202 Å². The molecule has 0 saturated carbocycles. The first-order valence-electron chi connectivity index (χ1n) is 11.3. The van der Waals surface area contributed by atoms with Gasteiger partial charge >= 0.3 is 0 Å². The maximum atomic E-state index is 14.4. The van der Waals surface area contributed by atoms with E-state index in [-0.39, 0.29) is 18.0 Å². The molecule has 1 N–H and O–H groups in total. The van der Waals surface area contributed by atoms with E-state index in [1.54, 1.807) is 31.2 Å². The smallest absolute Gasteiger partial charge is 0.244 e. The molecule has 2 amide bonds. The summed E-state index contributed by atoms with van der Waals surface area (Å²) in [6.45, 7) is 7.09. The number of nitrogens with one attached hydrogen (secondary N) is 1. The number of amides is 2. The van der Waals surface area contributed by atoms with Crippen LogP contribution in [0.15, 0.2) is 42.5 Å². The Morgan fingerprint density at radius 1 is 1.09 bits per heavy atom. The molecule has 2 aromatic rings. The van der Waals surface area contributed by atoms with Crippen LogP contribution < -0.4 is 9.62 Å². The lowest BCUT2D eigenvalue weighted by Gasteiger charge is -2.31. The van der Waals surface area contributed by atoms with Crippen LogP contribution in [0.4, 0.5) is 10.1 Å². The maximum Gasteiger partial charge on any atom is 0.244 e. The average Bonchev–Trinajstić information content (AvgIpc) is 2.77. The predicted molar refractivity (Wildman–Crippen MR) is 132 cm³/mol. The topological polar surface area (TPSA) is 86.8 Å². The van der Waals surface area contributed by atoms with Crippen LogP contribution in [-0.4, -0.2) is 50.5 Å². The van der Waals surface area contributed by atoms with Crippen LogP contribution in [-0.2, 0) is 26.2 Å². The molecule has 0 spiro atoms. The highest BCUT2D eigenvalue weighted by molar-refractivity contribution is 7.92. The third-order valence-electron chi connectivity index (χ3n) is 5.75. The van der Waals surface area contributed by atoms with Gasteiger partial charge in [0.25, 0.3) is 0 Å². The lowest BCUT2D eigenvalue weighted by atomic mass is 10.1. The van der Waals surface area contributed by atoms with Gasteiger partial charge in [0, 0.05) is 18.7 Å². The van der Waals surface area contributed by atoms with Gasteiger partial charge in [0.05, 0.1) is 11.9 Å². The van der Waals surface area contributed by atoms with Gasteiger partial charge in [-0.2, -0.15) is 0 Å². The van der Waals surface area contributed by atoms with Crippen molar-refractivity contribution in [1.29, 1.82) is 0 Å². The van der Waals surface area contributed by atoms with E-state index in [2.05, 4.69) is 5.32 Å². The second-order valence-electron chi connectivity index (χ2n) is 8.47. The zero-order chi connectivity index (χ0) is 25.5. The Bertz CT molecular complexity index is 1120. The van der Waals surface area contributed by atoms with Crippen LogP contribution in [0.5, 0.6) is 0 Å². The van der Waals surface area contributed by atoms with Crippen molar-refractivity contribution in [3.8, 4) is 0 Å². The van der Waals surface area contributed by atoms with Crippen LogP contribution >= 0.6 is 0 Å². The largest absolute Gasteiger partial charge is 0.354 e. The van der Waals surface area contributed by atoms with Gasteiger partial charge in [0.2, 0.25) is 21.8 Å². The number of carbonyl (C=O) groups excluding carboxylic acids is 2. The second-order valence-corrected chi connectivity index (χ2v) is 10.4. The maximum absolute atomic E-state index is 14.4. The number of benzene rings is 2. The van der Waals surface area contributed by atoms with Crippen molar-refractivity contribution in [1.82, 2.24) is 10.2 Å². The molecule has 0 heterocycles. The van der Waals surface area contributed by atoms with Gasteiger partial charge in [0.1, 0.15) is 18.4 Å². The second kappa shape index (κ2) is 12.0. The Kier molecular flexibility index (Phi) is 9.61. The molecular weight excluding hydrogens is 457 g/mol. The molecule has 0 radical (unpaired) electrons. The molecular formula is C25H34FN3O4S. The number of carbonyl (C=O) groups is 2. The summed E-state index contributed by atoms with van der Waals surface area (Å²) in [7, 11) is -3.81. The Hall–Kier alpha value is -2.94. The third-order valence-corrected chi connectivity index (χ3v) is 6.89. The summed E-state index contributed by atoms with van der Waals surface area (Å²) in [6, 6.07) is 10.2. The number of aryl methyl sites for hydroxylation is 2. The molecule has 0 bridgehead atoms. The summed E-state index contributed by atoms with van der Waals surface area (Å²) in [6.07, 6.45) is 2.71. The number of halogens is 1. The van der Waals surface area contributed by atoms with Crippen molar-refractivity contribution in [2.75, 3.05) is 23.7 Å². The van der Waals surface area contributed by atoms with E-state index in [4.69, 9.17) is 0 Å². The highest BCUT2D eigenvalue weighted by atomic mass is 32.2. The number of nitrogens with zero attached hydrogens (tertiary/aromatic N) is 2. The SMILES string of the molecule is CCCCNC(=O)[C@H](C)N(Cc1ccccc1F)C(=O)CN(c1ccc(C)c(C)c1)S(C)(=O)=O. The number of hydrogen-bond donors (Lipinski definition) is 1. The fourth-order valence-corrected chi connectivity index (χ4v) is 4.26. The van der Waals surface area contributed by atoms with Gasteiger partial charge < -0.3 is 10.2 Å². The fourth-order valence-electron chi connectivity index (χ4n) is 3.42. The van der Waals surface area contributed by atoms with Crippen LogP contribution in [0.1, 0.15) is 43.4 Å². The van der Waals surface area contributed by atoms with Crippen molar-refractivity contribution in [3.05, 3.63) is 65.0 Å². The van der Waals surface area contributed by atoms with Crippen LogP contribution in [0.3, 0.4) is 0 Å². The average molecular weight is 492 g/mol. The zero-order valence-corrected chi connectivity index (χ0v) is 21.3. The molecule has 7 nitrogen and oxygen atoms in total. The third kappa shape index (κ3) is 7.28. The standard InChI is InChI=1S/C25H34FN3O4S/c1-6-7-14-27-25(31)20(4)28(16-21-10-8-9-11-23(21)26)24(30)17-29(34(5,32)33)22-13-12-18(2)19(3)15-22/h8-13,15,20H,6-7,14,16-17H2,1-5H3,(H,27,31)/t20-/m0/s1. The Morgan fingerprint density at radius 2 is 1.76 bits per heavy atom. The van der Waals surface area contributed by atoms with E-state index in [0.29, 0.717) is 12.2 Å². The molecule has 2 rings (SSSR count). The predicted octanol–water partition coefficient (Wildman–Crippen LogP) is 3.54. The minimum absolute atomic E-state index is 0.168. The van der Waals surface area contributed by atoms with Gasteiger partial charge in [0.15, 0.2) is 0 Å². The molecule has 9 heteroatoms. The minimum atomic E-state index is -3.81. The molecule has 0 unspecified atom stereocenters. The van der Waals surface area contributed by atoms with Crippen molar-refractivity contribution in [3.63, 3.8) is 0 Å². The van der Waals surface area contributed by atoms with Gasteiger partial charge in [-0.1, -0.05) is 37.6 Å². The first kappa shape index (κ1) is 27.3. The van der Waals surface area contributed by atoms with Crippen molar-refractivity contribution in [2.45, 2.75) is 53.1 Å². The van der Waals surface area contributed by atoms with Crippen molar-refractivity contribution >= 4 is 27.5 Å². The van der Waals surface area contributed by atoms with Gasteiger partial charge in [-0.25, -0.2) is 12.8 Å². The molecule has 34 heavy (non-hydrogen) atoms. The molecule has 0 saturated heterocycles. The number of hydrogen-bond acceptors (Lipinski definition) is 4. The summed E-state index contributed by atoms with van der Waals surface area (Å²) in [5.74, 6) is -1.49. The fraction of sp³-hybridized carbons (Fsp3) is 0.440. The summed E-state index contributed by atoms with van der Waals surface area (Å²) in [4.78, 5) is 27.4. The number of rotatable bonds is 11. The van der Waals surface area contributed by atoms with E-state index >= 15 is 0 Å². The normalized spacial score (nSPS) is 12.2. The van der Waals surface area contributed by atoms with Gasteiger partial charge in [-0.15, -0.1) is 0 Å². The summed E-state index contributed by atoms with van der Waals surface area (Å²) >= 11 is 0. The summed E-state index contributed by atoms with van der Waals surface area (Å²) < 4.78 is 40.6. The van der Waals surface area contributed by atoms with Crippen LogP contribution in [0.2, 0.25) is 0 Å². The van der Waals surface area contributed by atoms with E-state index in [9.17, 15) is 22.4 Å². The molecule has 0 fully saturated rings. The molecule has 186 valence electrons. The number of unbranched alkanes of at least 4 members (excludes halogenated alkanes) is 1. The molecule has 0 aliphatic carbocycles. The van der Waals surface area contributed by atoms with Crippen LogP contribution in [0, 0.1) is 19.7 Å². The highest BCUT2D eigenvalue weighted by Crippen LogP contribution is 2.22. The molecule has 0 aromatic heterocycles. The van der Waals surface area contributed by atoms with Crippen molar-refractivity contribution in [2.24, 2.45) is 0 Å². The van der Waals surface area contributed by atoms with E-state index < -0.39 is 34.3 Å². The van der Waals surface area contributed by atoms with E-state index in [0.717, 1.165) is 34.5 Å². The number of sulfonamides is 1. The molecule has 0 aliphatic heterocycles. The zero-order valence-electron chi connectivity index (χ0n) is 20.5. The van der Waals surface area contributed by atoms with Gasteiger partial charge in [-0.05, 0) is 56.5 Å².